The molecule has 0 heterocycles. The Labute approximate surface area is 201 Å². The predicted molar refractivity (Wildman–Crippen MR) is 138 cm³/mol. The Kier molecular flexibility index (Phi) is 11.4. The summed E-state index contributed by atoms with van der Waals surface area (Å²) >= 11 is 0. The van der Waals surface area contributed by atoms with Crippen molar-refractivity contribution in [1.29, 1.82) is 5.26 Å². The average Bonchev–Trinajstić information content (AvgIpc) is 2.85. The van der Waals surface area contributed by atoms with Crippen LogP contribution in [0.1, 0.15) is 155 Å². The maximum atomic E-state index is 10.1. The van der Waals surface area contributed by atoms with Crippen LogP contribution in [0, 0.1) is 46.3 Å². The van der Waals surface area contributed by atoms with Crippen LogP contribution in [0.25, 0.3) is 0 Å². The topological polar surface area (TPSA) is 23.8 Å². The Bertz CT molecular complexity index is 531. The zero-order valence-electron chi connectivity index (χ0n) is 21.9. The van der Waals surface area contributed by atoms with Crippen molar-refractivity contribution in [2.75, 3.05) is 0 Å². The fourth-order valence-electron chi connectivity index (χ4n) is 7.98. The number of hydrogen-bond donors (Lipinski definition) is 0. The number of rotatable bonds is 12. The van der Waals surface area contributed by atoms with Crippen LogP contribution in [0.5, 0.6) is 0 Å². The van der Waals surface area contributed by atoms with Gasteiger partial charge in [-0.15, -0.1) is 0 Å². The van der Waals surface area contributed by atoms with Gasteiger partial charge < -0.3 is 0 Å². The lowest BCUT2D eigenvalue weighted by molar-refractivity contribution is 0.0813. The van der Waals surface area contributed by atoms with Crippen LogP contribution in [-0.2, 0) is 0 Å². The molecule has 3 rings (SSSR count). The maximum Gasteiger partial charge on any atom is 0.0689 e. The van der Waals surface area contributed by atoms with Gasteiger partial charge in [0.05, 0.1) is 11.5 Å². The predicted octanol–water partition coefficient (Wildman–Crippen LogP) is 10.2. The minimum absolute atomic E-state index is 0.0299. The van der Waals surface area contributed by atoms with Gasteiger partial charge in [0.25, 0.3) is 0 Å². The minimum Gasteiger partial charge on any atom is -0.198 e. The van der Waals surface area contributed by atoms with Crippen LogP contribution >= 0.6 is 0 Å². The van der Waals surface area contributed by atoms with Gasteiger partial charge in [0.2, 0.25) is 0 Å². The van der Waals surface area contributed by atoms with Crippen molar-refractivity contribution in [3.63, 3.8) is 0 Å². The third kappa shape index (κ3) is 7.77. The van der Waals surface area contributed by atoms with Crippen molar-refractivity contribution >= 4 is 0 Å². The summed E-state index contributed by atoms with van der Waals surface area (Å²) < 4.78 is 0. The van der Waals surface area contributed by atoms with Gasteiger partial charge in [-0.3, -0.25) is 0 Å². The average molecular weight is 442 g/mol. The zero-order valence-corrected chi connectivity index (χ0v) is 21.9. The van der Waals surface area contributed by atoms with Crippen molar-refractivity contribution in [3.8, 4) is 6.07 Å². The molecule has 3 aliphatic carbocycles. The SMILES string of the molecule is CCCCCCCC1(C#N)CCCC(C2CCC(C3CCC(CCCCC)CC3)CC2)C1. The van der Waals surface area contributed by atoms with Gasteiger partial charge in [0.1, 0.15) is 0 Å². The fourth-order valence-corrected chi connectivity index (χ4v) is 7.98. The summed E-state index contributed by atoms with van der Waals surface area (Å²) in [7, 11) is 0. The largest absolute Gasteiger partial charge is 0.198 e. The Hall–Kier alpha value is -0.510. The monoisotopic (exact) mass is 441 g/mol. The third-order valence-electron chi connectivity index (χ3n) is 10.1. The molecule has 2 unspecified atom stereocenters. The van der Waals surface area contributed by atoms with Gasteiger partial charge >= 0.3 is 0 Å². The lowest BCUT2D eigenvalue weighted by Gasteiger charge is -2.43. The van der Waals surface area contributed by atoms with E-state index >= 15 is 0 Å². The molecule has 0 aromatic rings. The molecule has 1 heteroatoms. The molecule has 184 valence electrons. The van der Waals surface area contributed by atoms with Gasteiger partial charge in [-0.25, -0.2) is 0 Å². The van der Waals surface area contributed by atoms with E-state index in [2.05, 4.69) is 19.9 Å². The highest BCUT2D eigenvalue weighted by Gasteiger charge is 2.40. The smallest absolute Gasteiger partial charge is 0.0689 e. The molecule has 0 aromatic heterocycles. The second-order valence-electron chi connectivity index (χ2n) is 12.4. The normalized spacial score (nSPS) is 36.0. The molecule has 0 amide bonds. The molecule has 0 aromatic carbocycles. The number of nitrogens with zero attached hydrogens (tertiary/aromatic N) is 1. The van der Waals surface area contributed by atoms with Gasteiger partial charge in [-0.1, -0.05) is 97.3 Å². The minimum atomic E-state index is 0.0299. The zero-order chi connectivity index (χ0) is 22.7. The lowest BCUT2D eigenvalue weighted by Crippen LogP contribution is -2.34. The highest BCUT2D eigenvalue weighted by Crippen LogP contribution is 2.50. The van der Waals surface area contributed by atoms with E-state index in [1.165, 1.54) is 141 Å². The Balaban J connectivity index is 1.38. The highest BCUT2D eigenvalue weighted by atomic mass is 14.5. The molecule has 32 heavy (non-hydrogen) atoms. The molecule has 0 bridgehead atoms. The van der Waals surface area contributed by atoms with Gasteiger partial charge in [0, 0.05) is 0 Å². The van der Waals surface area contributed by atoms with Crippen LogP contribution in [0.4, 0.5) is 0 Å². The number of nitriles is 1. The van der Waals surface area contributed by atoms with E-state index in [4.69, 9.17) is 0 Å². The van der Waals surface area contributed by atoms with Crippen molar-refractivity contribution in [3.05, 3.63) is 0 Å². The Morgan fingerprint density at radius 3 is 1.84 bits per heavy atom. The highest BCUT2D eigenvalue weighted by molar-refractivity contribution is 5.03. The van der Waals surface area contributed by atoms with Crippen molar-refractivity contribution in [2.24, 2.45) is 35.0 Å². The van der Waals surface area contributed by atoms with Crippen LogP contribution in [0.2, 0.25) is 0 Å². The molecule has 2 atom stereocenters. The van der Waals surface area contributed by atoms with Gasteiger partial charge in [0.15, 0.2) is 0 Å². The van der Waals surface area contributed by atoms with Crippen LogP contribution in [0.15, 0.2) is 0 Å². The lowest BCUT2D eigenvalue weighted by atomic mass is 9.61. The Morgan fingerprint density at radius 2 is 1.22 bits per heavy atom. The van der Waals surface area contributed by atoms with Crippen LogP contribution in [-0.4, -0.2) is 0 Å². The molecule has 0 N–H and O–H groups in total. The molecule has 0 saturated heterocycles. The summed E-state index contributed by atoms with van der Waals surface area (Å²) in [5.74, 6) is 4.92. The molecular formula is C31H55N. The van der Waals surface area contributed by atoms with E-state index in [0.717, 1.165) is 29.6 Å². The van der Waals surface area contributed by atoms with Crippen molar-refractivity contribution in [2.45, 2.75) is 155 Å². The van der Waals surface area contributed by atoms with E-state index in [0.29, 0.717) is 0 Å². The van der Waals surface area contributed by atoms with Crippen molar-refractivity contribution in [1.82, 2.24) is 0 Å². The molecule has 0 spiro atoms. The summed E-state index contributed by atoms with van der Waals surface area (Å²) in [4.78, 5) is 0. The van der Waals surface area contributed by atoms with E-state index < -0.39 is 0 Å². The summed E-state index contributed by atoms with van der Waals surface area (Å²) in [6.45, 7) is 4.62. The Morgan fingerprint density at radius 1 is 0.656 bits per heavy atom. The first-order chi connectivity index (χ1) is 15.7. The summed E-state index contributed by atoms with van der Waals surface area (Å²) in [6, 6.07) is 2.86. The number of hydrogen-bond acceptors (Lipinski definition) is 1. The standard InChI is InChI=1S/C31H55N/c1-3-5-7-8-10-22-31(25-32)23-11-13-30(24-31)29-20-18-28(19-21-29)27-16-14-26(15-17-27)12-9-6-4-2/h26-30H,3-24H2,1-2H3. The molecule has 0 aliphatic heterocycles. The maximum absolute atomic E-state index is 10.1. The second kappa shape index (κ2) is 14.0. The molecule has 0 radical (unpaired) electrons. The first-order valence-corrected chi connectivity index (χ1v) is 15.1. The van der Waals surface area contributed by atoms with Crippen molar-refractivity contribution < 1.29 is 0 Å². The first kappa shape index (κ1) is 26.1. The molecule has 3 saturated carbocycles. The van der Waals surface area contributed by atoms with E-state index in [9.17, 15) is 5.26 Å². The third-order valence-corrected chi connectivity index (χ3v) is 10.1. The molecule has 1 nitrogen and oxygen atoms in total. The molecule has 3 fully saturated rings. The quantitative estimate of drug-likeness (QED) is 0.276. The van der Waals surface area contributed by atoms with Gasteiger partial charge in [-0.05, 0) is 87.4 Å². The number of unbranched alkanes of at least 4 members (excludes halogenated alkanes) is 6. The van der Waals surface area contributed by atoms with E-state index in [1.54, 1.807) is 0 Å². The first-order valence-electron chi connectivity index (χ1n) is 15.1. The van der Waals surface area contributed by atoms with E-state index in [-0.39, 0.29) is 5.41 Å². The summed E-state index contributed by atoms with van der Waals surface area (Å²) in [6.07, 6.45) is 30.9. The summed E-state index contributed by atoms with van der Waals surface area (Å²) in [5.41, 5.74) is 0.0299. The molecular weight excluding hydrogens is 386 g/mol. The van der Waals surface area contributed by atoms with Crippen LogP contribution in [0.3, 0.4) is 0 Å². The van der Waals surface area contributed by atoms with E-state index in [1.807, 2.05) is 0 Å². The molecule has 3 aliphatic rings. The fraction of sp³-hybridized carbons (Fsp3) is 0.968. The second-order valence-corrected chi connectivity index (χ2v) is 12.4. The van der Waals surface area contributed by atoms with Gasteiger partial charge in [-0.2, -0.15) is 5.26 Å². The summed E-state index contributed by atoms with van der Waals surface area (Å²) in [5, 5.41) is 10.1. The van der Waals surface area contributed by atoms with Crippen LogP contribution < -0.4 is 0 Å².